The first-order valence-electron chi connectivity index (χ1n) is 13.3. The number of rotatable bonds is 11. The number of aryl methyl sites for hydroxylation is 1. The number of carbonyl (C=O) groups excluding carboxylic acids is 1. The third-order valence-electron chi connectivity index (χ3n) is 7.50. The van der Waals surface area contributed by atoms with Crippen LogP contribution >= 0.6 is 0 Å². The summed E-state index contributed by atoms with van der Waals surface area (Å²) in [7, 11) is 0. The normalized spacial score (nSPS) is 16.3. The van der Waals surface area contributed by atoms with Gasteiger partial charge in [0, 0.05) is 18.7 Å². The molecule has 0 aromatic heterocycles. The van der Waals surface area contributed by atoms with Crippen LogP contribution in [0.3, 0.4) is 0 Å². The minimum Gasteiger partial charge on any atom is -0.481 e. The van der Waals surface area contributed by atoms with E-state index in [1.807, 2.05) is 12.1 Å². The first-order chi connectivity index (χ1) is 19.4. The number of likely N-dealkylation sites (tertiary alicyclic amines) is 1. The predicted octanol–water partition coefficient (Wildman–Crippen LogP) is 2.71. The van der Waals surface area contributed by atoms with Gasteiger partial charge in [0.2, 0.25) is 0 Å². The molecule has 1 amide bonds. The number of nitrogens with zero attached hydrogens (tertiary/aromatic N) is 1. The van der Waals surface area contributed by atoms with Gasteiger partial charge in [0.05, 0.1) is 18.5 Å². The molecule has 2 aliphatic heterocycles. The molecule has 41 heavy (non-hydrogen) atoms. The van der Waals surface area contributed by atoms with Crippen molar-refractivity contribution in [3.8, 4) is 0 Å². The van der Waals surface area contributed by atoms with E-state index in [-0.39, 0.29) is 18.1 Å². The highest BCUT2D eigenvalue weighted by molar-refractivity contribution is 5.88. The van der Waals surface area contributed by atoms with Crippen molar-refractivity contribution in [1.29, 1.82) is 0 Å². The lowest BCUT2D eigenvalue weighted by Crippen LogP contribution is -2.42. The van der Waals surface area contributed by atoms with Crippen LogP contribution in [0.5, 0.6) is 0 Å². The van der Waals surface area contributed by atoms with Gasteiger partial charge < -0.3 is 30.3 Å². The second kappa shape index (κ2) is 14.1. The van der Waals surface area contributed by atoms with E-state index >= 15 is 0 Å². The molecule has 12 heteroatoms. The number of aliphatic hydroxyl groups is 2. The van der Waals surface area contributed by atoms with Crippen molar-refractivity contribution < 1.29 is 49.4 Å². The monoisotopic (exact) mass is 572 g/mol. The van der Waals surface area contributed by atoms with Gasteiger partial charge in [0.15, 0.2) is 5.60 Å². The molecule has 0 aliphatic carbocycles. The van der Waals surface area contributed by atoms with E-state index in [4.69, 9.17) is 25.2 Å². The van der Waals surface area contributed by atoms with Gasteiger partial charge in [-0.25, -0.2) is 9.59 Å². The Hall–Kier alpha value is -4.00. The summed E-state index contributed by atoms with van der Waals surface area (Å²) in [4.78, 5) is 44.2. The van der Waals surface area contributed by atoms with E-state index in [9.17, 15) is 24.3 Å². The molecule has 0 unspecified atom stereocenters. The van der Waals surface area contributed by atoms with Gasteiger partial charge in [-0.1, -0.05) is 36.4 Å². The molecule has 0 atom stereocenters. The lowest BCUT2D eigenvalue weighted by atomic mass is 9.75. The number of piperidine rings is 1. The van der Waals surface area contributed by atoms with Crippen LogP contribution in [0, 0.1) is 5.41 Å². The summed E-state index contributed by atoms with van der Waals surface area (Å²) in [5.74, 6) is -5.02. The van der Waals surface area contributed by atoms with Gasteiger partial charge in [-0.3, -0.25) is 19.8 Å². The van der Waals surface area contributed by atoms with Gasteiger partial charge in [-0.2, -0.15) is 0 Å². The number of aliphatic carboxylic acids is 3. The van der Waals surface area contributed by atoms with Crippen LogP contribution in [0.15, 0.2) is 48.5 Å². The Kier molecular flexibility index (Phi) is 10.8. The van der Waals surface area contributed by atoms with Crippen molar-refractivity contribution in [2.24, 2.45) is 5.41 Å². The quantitative estimate of drug-likeness (QED) is 0.232. The highest BCUT2D eigenvalue weighted by Crippen LogP contribution is 2.36. The van der Waals surface area contributed by atoms with Gasteiger partial charge >= 0.3 is 24.0 Å². The molecule has 0 bridgehead atoms. The predicted molar refractivity (Wildman–Crippen MR) is 146 cm³/mol. The molecule has 2 aliphatic rings. The molecule has 2 aromatic rings. The summed E-state index contributed by atoms with van der Waals surface area (Å²) in [6.07, 6.45) is 1.45. The number of ether oxygens (including phenoxy) is 1. The Morgan fingerprint density at radius 3 is 2.15 bits per heavy atom. The maximum absolute atomic E-state index is 11.3. The first kappa shape index (κ1) is 31.5. The van der Waals surface area contributed by atoms with E-state index < -0.39 is 36.4 Å². The van der Waals surface area contributed by atoms with Crippen LogP contribution in [0.4, 0.5) is 10.5 Å². The van der Waals surface area contributed by atoms with Gasteiger partial charge in [0.1, 0.15) is 6.61 Å². The van der Waals surface area contributed by atoms with Crippen LogP contribution in [0.2, 0.25) is 0 Å². The fraction of sp³-hybridized carbons (Fsp3) is 0.448. The molecule has 0 saturated carbocycles. The Morgan fingerprint density at radius 2 is 1.59 bits per heavy atom. The van der Waals surface area contributed by atoms with Crippen LogP contribution in [0.1, 0.15) is 48.8 Å². The SMILES string of the molecule is O=C(O)CC(O)(CC(=O)O)C(=O)O.O=C1Nc2ccc(CN3CCC(CO)(CCc4ccccc4)CC3)cc2CO1. The summed E-state index contributed by atoms with van der Waals surface area (Å²) >= 11 is 0. The number of hydrogen-bond acceptors (Lipinski definition) is 8. The zero-order valence-electron chi connectivity index (χ0n) is 22.6. The number of hydrogen-bond donors (Lipinski definition) is 6. The summed E-state index contributed by atoms with van der Waals surface area (Å²) in [6, 6.07) is 16.7. The molecule has 1 saturated heterocycles. The number of amides is 1. The number of aliphatic hydroxyl groups excluding tert-OH is 1. The summed E-state index contributed by atoms with van der Waals surface area (Å²) < 4.78 is 5.06. The number of cyclic esters (lactones) is 1. The van der Waals surface area contributed by atoms with Crippen LogP contribution < -0.4 is 5.32 Å². The first-order valence-corrected chi connectivity index (χ1v) is 13.3. The number of anilines is 1. The van der Waals surface area contributed by atoms with E-state index in [2.05, 4.69) is 46.6 Å². The van der Waals surface area contributed by atoms with E-state index in [1.54, 1.807) is 0 Å². The molecule has 12 nitrogen and oxygen atoms in total. The maximum atomic E-state index is 11.3. The lowest BCUT2D eigenvalue weighted by molar-refractivity contribution is -0.170. The van der Waals surface area contributed by atoms with Gasteiger partial charge in [-0.05, 0) is 67.4 Å². The summed E-state index contributed by atoms with van der Waals surface area (Å²) in [5, 5.41) is 46.6. The number of carboxylic acids is 3. The molecule has 6 N–H and O–H groups in total. The molecule has 2 heterocycles. The minimum atomic E-state index is -2.74. The van der Waals surface area contributed by atoms with Gasteiger partial charge in [-0.15, -0.1) is 0 Å². The Morgan fingerprint density at radius 1 is 0.951 bits per heavy atom. The molecular weight excluding hydrogens is 536 g/mol. The maximum Gasteiger partial charge on any atom is 0.411 e. The average Bonchev–Trinajstić information content (AvgIpc) is 2.93. The molecule has 4 rings (SSSR count). The molecule has 0 spiro atoms. The number of benzene rings is 2. The molecule has 1 fully saturated rings. The fourth-order valence-electron chi connectivity index (χ4n) is 4.98. The third kappa shape index (κ3) is 9.27. The number of carbonyl (C=O) groups is 4. The van der Waals surface area contributed by atoms with E-state index in [1.165, 1.54) is 11.1 Å². The lowest BCUT2D eigenvalue weighted by Gasteiger charge is -2.41. The molecule has 222 valence electrons. The topological polar surface area (TPSA) is 194 Å². The molecule has 0 radical (unpaired) electrons. The zero-order valence-corrected chi connectivity index (χ0v) is 22.6. The van der Waals surface area contributed by atoms with Crippen molar-refractivity contribution in [3.63, 3.8) is 0 Å². The van der Waals surface area contributed by atoms with Crippen LogP contribution in [0.25, 0.3) is 0 Å². The molecular formula is C29H36N2O10. The highest BCUT2D eigenvalue weighted by Gasteiger charge is 2.40. The second-order valence-corrected chi connectivity index (χ2v) is 10.6. The Bertz CT molecular complexity index is 1210. The van der Waals surface area contributed by atoms with Crippen molar-refractivity contribution in [2.45, 2.75) is 57.3 Å². The highest BCUT2D eigenvalue weighted by atomic mass is 16.5. The van der Waals surface area contributed by atoms with Crippen molar-refractivity contribution >= 4 is 29.7 Å². The largest absolute Gasteiger partial charge is 0.481 e. The van der Waals surface area contributed by atoms with Crippen LogP contribution in [-0.4, -0.2) is 79.7 Å². The summed E-state index contributed by atoms with van der Waals surface area (Å²) in [5.41, 5.74) is 1.76. The van der Waals surface area contributed by atoms with E-state index in [0.717, 1.165) is 56.6 Å². The standard InChI is InChI=1S/C23H28N2O3.C6H8O7/c26-17-23(9-8-18-4-2-1-3-5-18)10-12-25(13-11-23)15-19-6-7-21-20(14-19)16-28-22(27)24-21;7-3(8)1-6(13,5(11)12)2-4(9)10/h1-7,14,26H,8-13,15-17H2,(H,24,27);13H,1-2H2,(H,7,8)(H,9,10)(H,11,12). The number of carboxylic acid groups (broad SMARTS) is 3. The van der Waals surface area contributed by atoms with E-state index in [0.29, 0.717) is 6.61 Å². The second-order valence-electron chi connectivity index (χ2n) is 10.6. The fourth-order valence-corrected chi connectivity index (χ4v) is 4.98. The van der Waals surface area contributed by atoms with Crippen LogP contribution in [-0.2, 0) is 38.7 Å². The van der Waals surface area contributed by atoms with Crippen molar-refractivity contribution in [1.82, 2.24) is 4.90 Å². The Labute approximate surface area is 237 Å². The molecule has 2 aromatic carbocycles. The summed E-state index contributed by atoms with van der Waals surface area (Å²) in [6.45, 7) is 3.49. The minimum absolute atomic E-state index is 0.0420. The smallest absolute Gasteiger partial charge is 0.411 e. The Balaban J connectivity index is 0.000000302. The van der Waals surface area contributed by atoms with Crippen molar-refractivity contribution in [2.75, 3.05) is 25.0 Å². The average molecular weight is 573 g/mol. The zero-order chi connectivity index (χ0) is 30.0. The third-order valence-corrected chi connectivity index (χ3v) is 7.50. The van der Waals surface area contributed by atoms with Crippen molar-refractivity contribution in [3.05, 3.63) is 65.2 Å². The van der Waals surface area contributed by atoms with Gasteiger partial charge in [0.25, 0.3) is 0 Å². The number of fused-ring (bicyclic) bond motifs is 1. The number of nitrogens with one attached hydrogen (secondary N) is 1.